The number of hydrogen-bond donors (Lipinski definition) is 0. The molecule has 8 aromatic rings. The fraction of sp³-hybridized carbons (Fsp3) is 0.167. The van der Waals surface area contributed by atoms with Gasteiger partial charge in [0, 0.05) is 33.5 Å². The monoisotopic (exact) mass is 648 g/mol. The number of nitrogens with zero attached hydrogens (tertiary/aromatic N) is 2. The maximum Gasteiger partial charge on any atom is 0.0540 e. The molecule has 0 saturated carbocycles. The molecule has 2 heteroatoms. The molecule has 0 spiro atoms. The van der Waals surface area contributed by atoms with Crippen LogP contribution >= 0.6 is 0 Å². The van der Waals surface area contributed by atoms with Crippen molar-refractivity contribution in [2.24, 2.45) is 0 Å². The smallest absolute Gasteiger partial charge is 0.0540 e. The minimum atomic E-state index is 1.14. The number of hydrogen-bond acceptors (Lipinski definition) is 2. The van der Waals surface area contributed by atoms with E-state index in [0.29, 0.717) is 0 Å². The Bertz CT molecular complexity index is 2250. The first-order chi connectivity index (χ1) is 24.8. The molecule has 0 saturated heterocycles. The Hall–Kier alpha value is -5.60. The minimum Gasteiger partial charge on any atom is -0.310 e. The fourth-order valence-corrected chi connectivity index (χ4v) is 7.67. The maximum absolute atomic E-state index is 2.43. The molecule has 0 aliphatic rings. The molecule has 246 valence electrons. The van der Waals surface area contributed by atoms with Gasteiger partial charge >= 0.3 is 0 Å². The standard InChI is InChI=1S/C48H44N2/c1-2-3-4-5-6-10-17-36-24-30-42(31-25-36)50(41-22-15-9-16-23-41)46-35-29-38-26-32-43-45(34-28-37-27-33-44(46)48(38)47(37)43)49(39-18-11-7-12-19-39)40-20-13-8-14-21-40/h7-9,11-16,18-35H,2-6,10,17H2,1H3. The largest absolute Gasteiger partial charge is 0.310 e. The normalized spacial score (nSPS) is 11.5. The summed E-state index contributed by atoms with van der Waals surface area (Å²) in [6, 6.07) is 60.0. The van der Waals surface area contributed by atoms with E-state index in [1.165, 1.54) is 93.5 Å². The van der Waals surface area contributed by atoms with Gasteiger partial charge in [-0.1, -0.05) is 142 Å². The zero-order chi connectivity index (χ0) is 33.7. The third-order valence-corrected chi connectivity index (χ3v) is 10.2. The van der Waals surface area contributed by atoms with Gasteiger partial charge in [0.15, 0.2) is 0 Å². The molecule has 0 atom stereocenters. The van der Waals surface area contributed by atoms with E-state index in [1.807, 2.05) is 0 Å². The lowest BCUT2D eigenvalue weighted by atomic mass is 9.91. The van der Waals surface area contributed by atoms with Crippen LogP contribution in [0.25, 0.3) is 32.3 Å². The van der Waals surface area contributed by atoms with Gasteiger partial charge in [-0.3, -0.25) is 0 Å². The van der Waals surface area contributed by atoms with Crippen LogP contribution < -0.4 is 9.80 Å². The van der Waals surface area contributed by atoms with Gasteiger partial charge in [-0.25, -0.2) is 0 Å². The minimum absolute atomic E-state index is 1.14. The highest BCUT2D eigenvalue weighted by molar-refractivity contribution is 6.28. The van der Waals surface area contributed by atoms with Crippen LogP contribution in [0.2, 0.25) is 0 Å². The van der Waals surface area contributed by atoms with Gasteiger partial charge in [0.25, 0.3) is 0 Å². The van der Waals surface area contributed by atoms with Gasteiger partial charge in [-0.05, 0) is 101 Å². The lowest BCUT2D eigenvalue weighted by Crippen LogP contribution is -2.11. The van der Waals surface area contributed by atoms with Crippen LogP contribution in [0.1, 0.15) is 51.0 Å². The summed E-state index contributed by atoms with van der Waals surface area (Å²) in [5, 5.41) is 7.62. The van der Waals surface area contributed by atoms with Crippen molar-refractivity contribution in [3.63, 3.8) is 0 Å². The summed E-state index contributed by atoms with van der Waals surface area (Å²) in [6.07, 6.45) is 9.08. The first kappa shape index (κ1) is 31.7. The number of unbranched alkanes of at least 4 members (excludes halogenated alkanes) is 5. The van der Waals surface area contributed by atoms with Gasteiger partial charge in [-0.15, -0.1) is 0 Å². The Balaban J connectivity index is 1.25. The zero-order valence-corrected chi connectivity index (χ0v) is 28.9. The quantitative estimate of drug-likeness (QED) is 0.0907. The summed E-state index contributed by atoms with van der Waals surface area (Å²) < 4.78 is 0. The van der Waals surface area contributed by atoms with Crippen LogP contribution in [-0.4, -0.2) is 0 Å². The van der Waals surface area contributed by atoms with E-state index in [4.69, 9.17) is 0 Å². The number of para-hydroxylation sites is 3. The van der Waals surface area contributed by atoms with Crippen LogP contribution in [0.15, 0.2) is 164 Å². The molecule has 0 amide bonds. The molecule has 0 fully saturated rings. The van der Waals surface area contributed by atoms with Gasteiger partial charge < -0.3 is 9.80 Å². The van der Waals surface area contributed by atoms with Crippen molar-refractivity contribution >= 4 is 66.4 Å². The number of rotatable bonds is 13. The predicted molar refractivity (Wildman–Crippen MR) is 217 cm³/mol. The van der Waals surface area contributed by atoms with Crippen LogP contribution in [0.3, 0.4) is 0 Å². The topological polar surface area (TPSA) is 6.48 Å². The molecule has 0 aliphatic heterocycles. The molecule has 0 aromatic heterocycles. The Morgan fingerprint density at radius 2 is 0.760 bits per heavy atom. The molecule has 50 heavy (non-hydrogen) atoms. The highest BCUT2D eigenvalue weighted by Gasteiger charge is 2.21. The molecule has 2 nitrogen and oxygen atoms in total. The summed E-state index contributed by atoms with van der Waals surface area (Å²) in [5.41, 5.74) is 8.41. The Morgan fingerprint density at radius 1 is 0.360 bits per heavy atom. The second-order valence-corrected chi connectivity index (χ2v) is 13.5. The van der Waals surface area contributed by atoms with Crippen LogP contribution in [0.5, 0.6) is 0 Å². The molecular formula is C48H44N2. The zero-order valence-electron chi connectivity index (χ0n) is 28.9. The van der Waals surface area contributed by atoms with E-state index in [2.05, 4.69) is 181 Å². The van der Waals surface area contributed by atoms with E-state index >= 15 is 0 Å². The number of anilines is 6. The molecule has 0 unspecified atom stereocenters. The Kier molecular flexibility index (Phi) is 9.17. The lowest BCUT2D eigenvalue weighted by molar-refractivity contribution is 0.607. The fourth-order valence-electron chi connectivity index (χ4n) is 7.67. The van der Waals surface area contributed by atoms with E-state index in [0.717, 1.165) is 23.5 Å². The van der Waals surface area contributed by atoms with E-state index in [9.17, 15) is 0 Å². The van der Waals surface area contributed by atoms with Crippen LogP contribution in [0, 0.1) is 0 Å². The summed E-state index contributed by atoms with van der Waals surface area (Å²) in [5.74, 6) is 0. The van der Waals surface area contributed by atoms with Crippen molar-refractivity contribution in [1.29, 1.82) is 0 Å². The molecule has 0 radical (unpaired) electrons. The van der Waals surface area contributed by atoms with Gasteiger partial charge in [0.1, 0.15) is 0 Å². The second-order valence-electron chi connectivity index (χ2n) is 13.5. The Labute approximate surface area is 296 Å². The van der Waals surface area contributed by atoms with E-state index in [-0.39, 0.29) is 0 Å². The average molecular weight is 649 g/mol. The van der Waals surface area contributed by atoms with Crippen molar-refractivity contribution < 1.29 is 0 Å². The van der Waals surface area contributed by atoms with Crippen molar-refractivity contribution in [1.82, 2.24) is 0 Å². The molecule has 8 aromatic carbocycles. The second kappa shape index (κ2) is 14.5. The SMILES string of the molecule is CCCCCCCCc1ccc(N(c2ccccc2)c2ccc3ccc4c(N(c5ccccc5)c5ccccc5)ccc5ccc2c3c54)cc1. The summed E-state index contributed by atoms with van der Waals surface area (Å²) in [4.78, 5) is 4.82. The van der Waals surface area contributed by atoms with Crippen LogP contribution in [-0.2, 0) is 6.42 Å². The number of aryl methyl sites for hydroxylation is 1. The van der Waals surface area contributed by atoms with Crippen LogP contribution in [0.4, 0.5) is 34.1 Å². The molecule has 8 rings (SSSR count). The maximum atomic E-state index is 2.43. The third kappa shape index (κ3) is 6.18. The first-order valence-corrected chi connectivity index (χ1v) is 18.3. The molecule has 0 aliphatic carbocycles. The van der Waals surface area contributed by atoms with Crippen molar-refractivity contribution in [3.8, 4) is 0 Å². The third-order valence-electron chi connectivity index (χ3n) is 10.2. The average Bonchev–Trinajstić information content (AvgIpc) is 3.18. The summed E-state index contributed by atoms with van der Waals surface area (Å²) >= 11 is 0. The molecular weight excluding hydrogens is 605 g/mol. The van der Waals surface area contributed by atoms with Gasteiger partial charge in [0.2, 0.25) is 0 Å². The molecule has 0 heterocycles. The van der Waals surface area contributed by atoms with Gasteiger partial charge in [-0.2, -0.15) is 0 Å². The van der Waals surface area contributed by atoms with E-state index in [1.54, 1.807) is 0 Å². The summed E-state index contributed by atoms with van der Waals surface area (Å²) in [7, 11) is 0. The highest BCUT2D eigenvalue weighted by atomic mass is 15.1. The first-order valence-electron chi connectivity index (χ1n) is 18.3. The molecule has 0 bridgehead atoms. The predicted octanol–water partition coefficient (Wildman–Crippen LogP) is 14.4. The van der Waals surface area contributed by atoms with E-state index < -0.39 is 0 Å². The van der Waals surface area contributed by atoms with Gasteiger partial charge in [0.05, 0.1) is 11.4 Å². The number of benzene rings is 8. The Morgan fingerprint density at radius 3 is 1.22 bits per heavy atom. The van der Waals surface area contributed by atoms with Crippen molar-refractivity contribution in [3.05, 3.63) is 169 Å². The highest BCUT2D eigenvalue weighted by Crippen LogP contribution is 2.47. The summed E-state index contributed by atoms with van der Waals surface area (Å²) in [6.45, 7) is 2.28. The van der Waals surface area contributed by atoms with Crippen molar-refractivity contribution in [2.75, 3.05) is 9.80 Å². The van der Waals surface area contributed by atoms with Crippen molar-refractivity contribution in [2.45, 2.75) is 51.9 Å². The molecule has 0 N–H and O–H groups in total. The lowest BCUT2D eigenvalue weighted by Gasteiger charge is -2.29.